The second kappa shape index (κ2) is 3.95. The molecule has 2 fully saturated rings. The van der Waals surface area contributed by atoms with Crippen molar-refractivity contribution in [3.63, 3.8) is 0 Å². The minimum Gasteiger partial charge on any atom is -0.341 e. The van der Waals surface area contributed by atoms with Crippen LogP contribution >= 0.6 is 0 Å². The van der Waals surface area contributed by atoms with E-state index in [0.29, 0.717) is 12.0 Å². The average Bonchev–Trinajstić information content (AvgIpc) is 2.77. The van der Waals surface area contributed by atoms with Crippen molar-refractivity contribution in [1.29, 1.82) is 0 Å². The third kappa shape index (κ3) is 1.80. The SMILES string of the molecule is c1ccc([C]2OC[C@H]3CCC[C@@H]3O2)cc1. The molecule has 1 saturated carbocycles. The Labute approximate surface area is 90.2 Å². The van der Waals surface area contributed by atoms with Gasteiger partial charge in [-0.2, -0.15) is 0 Å². The molecule has 0 N–H and O–H groups in total. The molecule has 15 heavy (non-hydrogen) atoms. The van der Waals surface area contributed by atoms with E-state index in [9.17, 15) is 0 Å². The van der Waals surface area contributed by atoms with E-state index in [1.807, 2.05) is 30.3 Å². The van der Waals surface area contributed by atoms with E-state index in [4.69, 9.17) is 9.47 Å². The summed E-state index contributed by atoms with van der Waals surface area (Å²) in [6, 6.07) is 10.1. The Kier molecular flexibility index (Phi) is 2.47. The van der Waals surface area contributed by atoms with Gasteiger partial charge in [-0.05, 0) is 12.8 Å². The standard InChI is InChI=1S/C13H15O2/c1-2-5-10(6-3-1)13-14-9-11-7-4-8-12(11)15-13/h1-3,5-6,11-12H,4,7-9H2/t11-,12+/m1/s1. The lowest BCUT2D eigenvalue weighted by atomic mass is 10.1. The van der Waals surface area contributed by atoms with Gasteiger partial charge < -0.3 is 9.47 Å². The van der Waals surface area contributed by atoms with E-state index >= 15 is 0 Å². The summed E-state index contributed by atoms with van der Waals surface area (Å²) in [7, 11) is 0. The number of fused-ring (bicyclic) bond motifs is 1. The third-order valence-corrected chi connectivity index (χ3v) is 3.29. The van der Waals surface area contributed by atoms with Crippen molar-refractivity contribution >= 4 is 0 Å². The summed E-state index contributed by atoms with van der Waals surface area (Å²) in [5.41, 5.74) is 1.06. The molecule has 2 aliphatic rings. The van der Waals surface area contributed by atoms with E-state index in [1.54, 1.807) is 0 Å². The zero-order valence-electron chi connectivity index (χ0n) is 8.69. The highest BCUT2D eigenvalue weighted by Crippen LogP contribution is 2.37. The molecule has 1 heterocycles. The molecular formula is C13H15O2. The van der Waals surface area contributed by atoms with Crippen LogP contribution in [0.5, 0.6) is 0 Å². The molecule has 1 aromatic rings. The maximum Gasteiger partial charge on any atom is 0.256 e. The van der Waals surface area contributed by atoms with Gasteiger partial charge in [-0.15, -0.1) is 0 Å². The van der Waals surface area contributed by atoms with Crippen LogP contribution in [0.1, 0.15) is 24.8 Å². The highest BCUT2D eigenvalue weighted by molar-refractivity contribution is 5.24. The first kappa shape index (κ1) is 9.37. The first-order valence-corrected chi connectivity index (χ1v) is 5.65. The van der Waals surface area contributed by atoms with E-state index in [2.05, 4.69) is 0 Å². The zero-order chi connectivity index (χ0) is 10.1. The van der Waals surface area contributed by atoms with Gasteiger partial charge >= 0.3 is 0 Å². The van der Waals surface area contributed by atoms with Crippen LogP contribution in [-0.2, 0) is 9.47 Å². The molecule has 0 unspecified atom stereocenters. The number of hydrogen-bond acceptors (Lipinski definition) is 2. The lowest BCUT2D eigenvalue weighted by Gasteiger charge is -2.31. The molecule has 79 valence electrons. The molecule has 1 radical (unpaired) electrons. The van der Waals surface area contributed by atoms with E-state index in [1.165, 1.54) is 19.3 Å². The maximum atomic E-state index is 5.89. The number of rotatable bonds is 1. The van der Waals surface area contributed by atoms with Gasteiger partial charge in [-0.25, -0.2) is 0 Å². The third-order valence-electron chi connectivity index (χ3n) is 3.29. The summed E-state index contributed by atoms with van der Waals surface area (Å²) in [5, 5.41) is 0. The lowest BCUT2D eigenvalue weighted by molar-refractivity contribution is -0.135. The molecule has 0 amide bonds. The Hall–Kier alpha value is -0.860. The Bertz CT molecular complexity index is 323. The zero-order valence-corrected chi connectivity index (χ0v) is 8.69. The van der Waals surface area contributed by atoms with Crippen LogP contribution in [0.3, 0.4) is 0 Å². The van der Waals surface area contributed by atoms with Gasteiger partial charge in [0, 0.05) is 11.5 Å². The van der Waals surface area contributed by atoms with Crippen LogP contribution in [0, 0.1) is 12.2 Å². The van der Waals surface area contributed by atoms with Gasteiger partial charge in [-0.1, -0.05) is 36.8 Å². The summed E-state index contributed by atoms with van der Waals surface area (Å²) >= 11 is 0. The highest BCUT2D eigenvalue weighted by Gasteiger charge is 2.36. The molecule has 2 nitrogen and oxygen atoms in total. The Balaban J connectivity index is 1.74. The fraction of sp³-hybridized carbons (Fsp3) is 0.462. The molecule has 0 bridgehead atoms. The van der Waals surface area contributed by atoms with Crippen molar-refractivity contribution in [2.24, 2.45) is 5.92 Å². The van der Waals surface area contributed by atoms with Gasteiger partial charge in [0.15, 0.2) is 0 Å². The molecule has 2 heteroatoms. The lowest BCUT2D eigenvalue weighted by Crippen LogP contribution is -2.32. The molecule has 3 rings (SSSR count). The molecule has 1 saturated heterocycles. The molecule has 1 aliphatic carbocycles. The predicted octanol–water partition coefficient (Wildman–Crippen LogP) is 2.74. The van der Waals surface area contributed by atoms with Crippen molar-refractivity contribution in [3.05, 3.63) is 42.2 Å². The van der Waals surface area contributed by atoms with E-state index in [0.717, 1.165) is 18.5 Å². The molecule has 1 aromatic carbocycles. The number of ether oxygens (including phenoxy) is 2. The quantitative estimate of drug-likeness (QED) is 0.698. The minimum absolute atomic E-state index is 0.397. The Morgan fingerprint density at radius 2 is 1.93 bits per heavy atom. The second-order valence-electron chi connectivity index (χ2n) is 4.31. The van der Waals surface area contributed by atoms with Gasteiger partial charge in [0.2, 0.25) is 0 Å². The fourth-order valence-corrected chi connectivity index (χ4v) is 2.43. The summed E-state index contributed by atoms with van der Waals surface area (Å²) < 4.78 is 11.6. The summed E-state index contributed by atoms with van der Waals surface area (Å²) in [6.45, 7) is 0.828. The first-order valence-electron chi connectivity index (χ1n) is 5.65. The number of hydrogen-bond donors (Lipinski definition) is 0. The van der Waals surface area contributed by atoms with Crippen LogP contribution in [0.15, 0.2) is 30.3 Å². The normalized spacial score (nSPS) is 31.5. The molecule has 0 aromatic heterocycles. The average molecular weight is 203 g/mol. The first-order chi connectivity index (χ1) is 7.43. The van der Waals surface area contributed by atoms with Gasteiger partial charge in [0.1, 0.15) is 0 Å². The minimum atomic E-state index is 0.397. The number of benzene rings is 1. The summed E-state index contributed by atoms with van der Waals surface area (Å²) in [5.74, 6) is 0.623. The maximum absolute atomic E-state index is 5.89. The predicted molar refractivity (Wildman–Crippen MR) is 57.0 cm³/mol. The topological polar surface area (TPSA) is 18.5 Å². The fourth-order valence-electron chi connectivity index (χ4n) is 2.43. The molecular weight excluding hydrogens is 188 g/mol. The Morgan fingerprint density at radius 1 is 1.07 bits per heavy atom. The summed E-state index contributed by atoms with van der Waals surface area (Å²) in [4.78, 5) is 0. The van der Waals surface area contributed by atoms with Crippen molar-refractivity contribution in [2.45, 2.75) is 25.4 Å². The van der Waals surface area contributed by atoms with Gasteiger partial charge in [0.05, 0.1) is 12.7 Å². The van der Waals surface area contributed by atoms with Crippen LogP contribution in [-0.4, -0.2) is 12.7 Å². The molecule has 0 spiro atoms. The largest absolute Gasteiger partial charge is 0.341 e. The summed E-state index contributed by atoms with van der Waals surface area (Å²) in [6.07, 6.45) is 4.84. The van der Waals surface area contributed by atoms with Crippen molar-refractivity contribution < 1.29 is 9.47 Å². The monoisotopic (exact) mass is 203 g/mol. The molecule has 2 atom stereocenters. The second-order valence-corrected chi connectivity index (χ2v) is 4.31. The smallest absolute Gasteiger partial charge is 0.256 e. The van der Waals surface area contributed by atoms with Crippen molar-refractivity contribution in [3.8, 4) is 0 Å². The van der Waals surface area contributed by atoms with E-state index < -0.39 is 0 Å². The van der Waals surface area contributed by atoms with Crippen molar-refractivity contribution in [2.75, 3.05) is 6.61 Å². The van der Waals surface area contributed by atoms with Crippen LogP contribution in [0.4, 0.5) is 0 Å². The Morgan fingerprint density at radius 3 is 2.80 bits per heavy atom. The van der Waals surface area contributed by atoms with Crippen LogP contribution in [0.2, 0.25) is 0 Å². The van der Waals surface area contributed by atoms with Crippen LogP contribution < -0.4 is 0 Å². The van der Waals surface area contributed by atoms with E-state index in [-0.39, 0.29) is 0 Å². The van der Waals surface area contributed by atoms with Crippen molar-refractivity contribution in [1.82, 2.24) is 0 Å². The van der Waals surface area contributed by atoms with Gasteiger partial charge in [-0.3, -0.25) is 0 Å². The van der Waals surface area contributed by atoms with Crippen LogP contribution in [0.25, 0.3) is 0 Å². The highest BCUT2D eigenvalue weighted by atomic mass is 16.7. The van der Waals surface area contributed by atoms with Gasteiger partial charge in [0.25, 0.3) is 6.29 Å². The molecule has 1 aliphatic heterocycles.